The van der Waals surface area contributed by atoms with Gasteiger partial charge in [0.25, 0.3) is 0 Å². The van der Waals surface area contributed by atoms with Gasteiger partial charge in [-0.2, -0.15) is 4.39 Å². The van der Waals surface area contributed by atoms with Gasteiger partial charge in [0.2, 0.25) is 0 Å². The average molecular weight is 466 g/mol. The van der Waals surface area contributed by atoms with Crippen LogP contribution < -0.4 is 21.7 Å². The molecule has 0 aliphatic rings. The van der Waals surface area contributed by atoms with Gasteiger partial charge in [-0.3, -0.25) is 4.21 Å². The first-order valence-electron chi connectivity index (χ1n) is 9.29. The minimum Gasteiger partial charge on any atom is -0.384 e. The van der Waals surface area contributed by atoms with Crippen molar-refractivity contribution in [2.24, 2.45) is 5.73 Å². The Morgan fingerprint density at radius 3 is 2.69 bits per heavy atom. The fourth-order valence-corrected chi connectivity index (χ4v) is 4.31. The SMILES string of the molecule is C[C@@H](N)CCNCCCCNc1cc(F)c(S(=O)CNc2ncc(F)s2)cc1Cl. The number of unbranched alkanes of at least 4 members (excludes halogenated alkanes) is 1. The highest BCUT2D eigenvalue weighted by Gasteiger charge is 2.15. The lowest BCUT2D eigenvalue weighted by molar-refractivity contribution is 0.571. The molecule has 1 aromatic heterocycles. The second-order valence-electron chi connectivity index (χ2n) is 6.55. The molecule has 2 aromatic rings. The zero-order chi connectivity index (χ0) is 21.2. The first-order chi connectivity index (χ1) is 13.9. The first kappa shape index (κ1) is 23.9. The molecule has 0 fully saturated rings. The molecule has 5 N–H and O–H groups in total. The van der Waals surface area contributed by atoms with Crippen LogP contribution >= 0.6 is 22.9 Å². The van der Waals surface area contributed by atoms with E-state index in [1.807, 2.05) is 6.92 Å². The van der Waals surface area contributed by atoms with Crippen LogP contribution in [0.2, 0.25) is 5.02 Å². The summed E-state index contributed by atoms with van der Waals surface area (Å²) in [5.74, 6) is -0.706. The third kappa shape index (κ3) is 8.51. The van der Waals surface area contributed by atoms with Gasteiger partial charge in [0.15, 0.2) is 10.3 Å². The summed E-state index contributed by atoms with van der Waals surface area (Å²) in [5, 5.41) is 9.28. The van der Waals surface area contributed by atoms with E-state index in [-0.39, 0.29) is 21.9 Å². The molecule has 0 amide bonds. The summed E-state index contributed by atoms with van der Waals surface area (Å²) in [7, 11) is -1.69. The van der Waals surface area contributed by atoms with Gasteiger partial charge < -0.3 is 21.7 Å². The second-order valence-corrected chi connectivity index (χ2v) is 9.36. The van der Waals surface area contributed by atoms with Crippen molar-refractivity contribution in [3.63, 3.8) is 0 Å². The molecule has 0 saturated heterocycles. The Kier molecular flexibility index (Phi) is 10.2. The van der Waals surface area contributed by atoms with Gasteiger partial charge >= 0.3 is 0 Å². The molecule has 6 nitrogen and oxygen atoms in total. The van der Waals surface area contributed by atoms with E-state index in [2.05, 4.69) is 20.9 Å². The highest BCUT2D eigenvalue weighted by atomic mass is 35.5. The minimum absolute atomic E-state index is 0.0107. The van der Waals surface area contributed by atoms with Gasteiger partial charge in [0.05, 0.1) is 38.5 Å². The summed E-state index contributed by atoms with van der Waals surface area (Å²) in [5.41, 5.74) is 6.15. The highest BCUT2D eigenvalue weighted by molar-refractivity contribution is 7.85. The molecule has 11 heteroatoms. The van der Waals surface area contributed by atoms with Gasteiger partial charge in [-0.25, -0.2) is 9.37 Å². The fraction of sp³-hybridized carbons (Fsp3) is 0.500. The molecule has 2 atom stereocenters. The first-order valence-corrected chi connectivity index (χ1v) is 11.8. The monoisotopic (exact) mass is 465 g/mol. The van der Waals surface area contributed by atoms with Crippen molar-refractivity contribution >= 4 is 44.6 Å². The maximum absolute atomic E-state index is 14.4. The molecule has 0 radical (unpaired) electrons. The van der Waals surface area contributed by atoms with Gasteiger partial charge in [-0.1, -0.05) is 22.9 Å². The van der Waals surface area contributed by atoms with Crippen molar-refractivity contribution < 1.29 is 13.0 Å². The normalized spacial score (nSPS) is 13.3. The topological polar surface area (TPSA) is 92.1 Å². The summed E-state index contributed by atoms with van der Waals surface area (Å²) in [6.07, 6.45) is 3.86. The van der Waals surface area contributed by atoms with E-state index in [9.17, 15) is 13.0 Å². The third-order valence-corrected chi connectivity index (χ3v) is 6.24. The van der Waals surface area contributed by atoms with Crippen LogP contribution in [0.3, 0.4) is 0 Å². The highest BCUT2D eigenvalue weighted by Crippen LogP contribution is 2.28. The van der Waals surface area contributed by atoms with Gasteiger partial charge in [0, 0.05) is 12.6 Å². The molecule has 1 heterocycles. The van der Waals surface area contributed by atoms with Crippen LogP contribution in [0.25, 0.3) is 0 Å². The number of nitrogens with two attached hydrogens (primary N) is 1. The van der Waals surface area contributed by atoms with Gasteiger partial charge in [-0.15, -0.1) is 0 Å². The largest absolute Gasteiger partial charge is 0.384 e. The molecule has 0 aliphatic heterocycles. The number of hydrogen-bond acceptors (Lipinski definition) is 7. The van der Waals surface area contributed by atoms with Crippen LogP contribution in [0.15, 0.2) is 23.2 Å². The van der Waals surface area contributed by atoms with Crippen LogP contribution in [0, 0.1) is 10.9 Å². The Morgan fingerprint density at radius 1 is 1.24 bits per heavy atom. The van der Waals surface area contributed by atoms with Crippen LogP contribution in [0.5, 0.6) is 0 Å². The predicted octanol–water partition coefficient (Wildman–Crippen LogP) is 3.77. The van der Waals surface area contributed by atoms with Crippen LogP contribution in [-0.2, 0) is 10.8 Å². The molecule has 0 saturated carbocycles. The molecule has 0 aliphatic carbocycles. The van der Waals surface area contributed by atoms with E-state index in [0.29, 0.717) is 17.3 Å². The van der Waals surface area contributed by atoms with Crippen LogP contribution in [0.4, 0.5) is 19.6 Å². The lowest BCUT2D eigenvalue weighted by Crippen LogP contribution is -2.24. The molecule has 1 aromatic carbocycles. The molecular formula is C18H26ClF2N5OS2. The van der Waals surface area contributed by atoms with E-state index in [1.165, 1.54) is 12.1 Å². The standard InChI is InChI=1S/C18H26ClF2N5OS2/c1-12(22)4-7-23-5-2-3-6-24-15-9-14(20)16(8-13(15)19)29(27)11-26-18-25-10-17(21)28-18/h8-10,12,23-24H,2-7,11,22H2,1H3,(H,25,26)/t12-,29?/m1/s1. The van der Waals surface area contributed by atoms with E-state index in [4.69, 9.17) is 17.3 Å². The lowest BCUT2D eigenvalue weighted by Gasteiger charge is -2.12. The average Bonchev–Trinajstić information content (AvgIpc) is 3.09. The van der Waals surface area contributed by atoms with Crippen molar-refractivity contribution in [2.45, 2.75) is 37.1 Å². The van der Waals surface area contributed by atoms with Gasteiger partial charge in [-0.05, 0) is 51.4 Å². The lowest BCUT2D eigenvalue weighted by atomic mass is 10.2. The number of aromatic nitrogens is 1. The van der Waals surface area contributed by atoms with Crippen LogP contribution in [0.1, 0.15) is 26.2 Å². The Labute approximate surface area is 181 Å². The van der Waals surface area contributed by atoms with Crippen molar-refractivity contribution in [1.82, 2.24) is 10.3 Å². The smallest absolute Gasteiger partial charge is 0.198 e. The van der Waals surface area contributed by atoms with E-state index in [1.54, 1.807) is 0 Å². The third-order valence-electron chi connectivity index (χ3n) is 3.97. The Bertz CT molecular complexity index is 807. The Hall–Kier alpha value is -1.33. The molecule has 2 rings (SSSR count). The summed E-state index contributed by atoms with van der Waals surface area (Å²) in [4.78, 5) is 3.76. The quantitative estimate of drug-likeness (QED) is 0.336. The molecule has 1 unspecified atom stereocenters. The van der Waals surface area contributed by atoms with Crippen molar-refractivity contribution in [2.75, 3.05) is 36.1 Å². The number of thiazole rings is 1. The summed E-state index contributed by atoms with van der Waals surface area (Å²) in [6, 6.07) is 2.80. The van der Waals surface area contributed by atoms with Gasteiger partial charge in [0.1, 0.15) is 5.82 Å². The van der Waals surface area contributed by atoms with E-state index < -0.39 is 21.7 Å². The number of hydrogen-bond donors (Lipinski definition) is 4. The number of halogens is 3. The maximum atomic E-state index is 14.4. The van der Waals surface area contributed by atoms with E-state index >= 15 is 0 Å². The maximum Gasteiger partial charge on any atom is 0.198 e. The predicted molar refractivity (Wildman–Crippen MR) is 117 cm³/mol. The molecule has 0 bridgehead atoms. The molecule has 0 spiro atoms. The number of nitrogens with zero attached hydrogens (tertiary/aromatic N) is 1. The number of anilines is 2. The van der Waals surface area contributed by atoms with Crippen molar-refractivity contribution in [3.8, 4) is 0 Å². The van der Waals surface area contributed by atoms with Crippen LogP contribution in [-0.4, -0.2) is 40.7 Å². The number of rotatable bonds is 13. The zero-order valence-electron chi connectivity index (χ0n) is 16.1. The zero-order valence-corrected chi connectivity index (χ0v) is 18.5. The Morgan fingerprint density at radius 2 is 2.00 bits per heavy atom. The fourth-order valence-electron chi connectivity index (χ4n) is 2.43. The minimum atomic E-state index is -1.69. The number of nitrogens with one attached hydrogen (secondary N) is 3. The van der Waals surface area contributed by atoms with E-state index in [0.717, 1.165) is 49.9 Å². The summed E-state index contributed by atoms with van der Waals surface area (Å²) < 4.78 is 39.6. The molecule has 29 heavy (non-hydrogen) atoms. The second kappa shape index (κ2) is 12.4. The Balaban J connectivity index is 1.77. The summed E-state index contributed by atoms with van der Waals surface area (Å²) in [6.45, 7) is 4.42. The molecular weight excluding hydrogens is 440 g/mol. The number of benzene rings is 1. The molecule has 162 valence electrons. The van der Waals surface area contributed by atoms with Crippen molar-refractivity contribution in [3.05, 3.63) is 34.3 Å². The van der Waals surface area contributed by atoms with Crippen molar-refractivity contribution in [1.29, 1.82) is 0 Å². The summed E-state index contributed by atoms with van der Waals surface area (Å²) >= 11 is 7.00.